The first-order valence-electron chi connectivity index (χ1n) is 6.24. The highest BCUT2D eigenvalue weighted by Crippen LogP contribution is 2.28. The highest BCUT2D eigenvalue weighted by molar-refractivity contribution is 8.01. The Labute approximate surface area is 135 Å². The average Bonchev–Trinajstić information content (AvgIpc) is 2.92. The molecule has 7 nitrogen and oxygen atoms in total. The first kappa shape index (κ1) is 16.2. The molecule has 0 saturated carbocycles. The first-order chi connectivity index (χ1) is 10.6. The summed E-state index contributed by atoms with van der Waals surface area (Å²) in [5, 5.41) is 14.4. The van der Waals surface area contributed by atoms with Crippen LogP contribution in [0, 0.1) is 0 Å². The number of esters is 1. The van der Waals surface area contributed by atoms with Crippen LogP contribution in [0.25, 0.3) is 0 Å². The van der Waals surface area contributed by atoms with Crippen molar-refractivity contribution in [2.24, 2.45) is 0 Å². The van der Waals surface area contributed by atoms with E-state index in [1.807, 2.05) is 12.1 Å². The normalized spacial score (nSPS) is 10.1. The third kappa shape index (κ3) is 5.01. The molecule has 0 aliphatic rings. The number of benzene rings is 1. The SMILES string of the molecule is COC(=O)CSc1nnc(Nc2cccc(NC(C)=O)c2)s1. The van der Waals surface area contributed by atoms with Gasteiger partial charge in [0.15, 0.2) is 4.34 Å². The molecular formula is C13H14N4O3S2. The highest BCUT2D eigenvalue weighted by Gasteiger charge is 2.08. The second-order valence-corrected chi connectivity index (χ2v) is 6.32. The number of hydrogen-bond donors (Lipinski definition) is 2. The summed E-state index contributed by atoms with van der Waals surface area (Å²) in [4.78, 5) is 22.1. The van der Waals surface area contributed by atoms with Crippen LogP contribution in [0.15, 0.2) is 28.6 Å². The van der Waals surface area contributed by atoms with Crippen molar-refractivity contribution in [1.29, 1.82) is 0 Å². The molecule has 0 aliphatic carbocycles. The monoisotopic (exact) mass is 338 g/mol. The first-order valence-corrected chi connectivity index (χ1v) is 8.05. The summed E-state index contributed by atoms with van der Waals surface area (Å²) in [7, 11) is 1.35. The molecule has 0 fully saturated rings. The average molecular weight is 338 g/mol. The van der Waals surface area contributed by atoms with E-state index in [4.69, 9.17) is 0 Å². The third-order valence-electron chi connectivity index (χ3n) is 2.38. The number of rotatable bonds is 6. The van der Waals surface area contributed by atoms with Gasteiger partial charge in [-0.25, -0.2) is 0 Å². The lowest BCUT2D eigenvalue weighted by Gasteiger charge is -2.05. The molecule has 2 aromatic rings. The van der Waals surface area contributed by atoms with Crippen molar-refractivity contribution >= 4 is 51.5 Å². The molecule has 0 bridgehead atoms. The van der Waals surface area contributed by atoms with Gasteiger partial charge in [-0.15, -0.1) is 10.2 Å². The lowest BCUT2D eigenvalue weighted by Crippen LogP contribution is -2.05. The Morgan fingerprint density at radius 3 is 2.82 bits per heavy atom. The summed E-state index contributed by atoms with van der Waals surface area (Å²) in [6.45, 7) is 1.45. The maximum Gasteiger partial charge on any atom is 0.316 e. The molecule has 0 saturated heterocycles. The van der Waals surface area contributed by atoms with Crippen LogP contribution in [0.1, 0.15) is 6.92 Å². The van der Waals surface area contributed by atoms with Gasteiger partial charge in [-0.3, -0.25) is 9.59 Å². The maximum absolute atomic E-state index is 11.1. The Bertz CT molecular complexity index is 675. The second-order valence-electron chi connectivity index (χ2n) is 4.12. The lowest BCUT2D eigenvalue weighted by molar-refractivity contribution is -0.137. The van der Waals surface area contributed by atoms with Crippen LogP contribution in [-0.2, 0) is 14.3 Å². The van der Waals surface area contributed by atoms with Crippen LogP contribution in [0.5, 0.6) is 0 Å². The van der Waals surface area contributed by atoms with Crippen molar-refractivity contribution in [3.63, 3.8) is 0 Å². The van der Waals surface area contributed by atoms with Gasteiger partial charge < -0.3 is 15.4 Å². The van der Waals surface area contributed by atoms with E-state index in [9.17, 15) is 9.59 Å². The van der Waals surface area contributed by atoms with Crippen LogP contribution < -0.4 is 10.6 Å². The number of hydrogen-bond acceptors (Lipinski definition) is 8. The fraction of sp³-hybridized carbons (Fsp3) is 0.231. The lowest BCUT2D eigenvalue weighted by atomic mass is 10.3. The fourth-order valence-electron chi connectivity index (χ4n) is 1.50. The molecule has 2 N–H and O–H groups in total. The molecule has 116 valence electrons. The molecule has 0 atom stereocenters. The Kier molecular flexibility index (Phi) is 5.73. The number of ether oxygens (including phenoxy) is 1. The van der Waals surface area contributed by atoms with E-state index >= 15 is 0 Å². The van der Waals surface area contributed by atoms with Gasteiger partial charge in [0.2, 0.25) is 11.0 Å². The zero-order chi connectivity index (χ0) is 15.9. The number of thioether (sulfide) groups is 1. The summed E-state index contributed by atoms with van der Waals surface area (Å²) in [6, 6.07) is 7.27. The molecule has 2 rings (SSSR count). The van der Waals surface area contributed by atoms with Crippen molar-refractivity contribution in [3.8, 4) is 0 Å². The summed E-state index contributed by atoms with van der Waals surface area (Å²) >= 11 is 2.60. The largest absolute Gasteiger partial charge is 0.468 e. The van der Waals surface area contributed by atoms with Gasteiger partial charge in [-0.1, -0.05) is 29.2 Å². The molecular weight excluding hydrogens is 324 g/mol. The predicted molar refractivity (Wildman–Crippen MR) is 86.7 cm³/mol. The minimum Gasteiger partial charge on any atom is -0.468 e. The van der Waals surface area contributed by atoms with Gasteiger partial charge in [-0.05, 0) is 18.2 Å². The summed E-state index contributed by atoms with van der Waals surface area (Å²) in [5.74, 6) is -0.240. The highest BCUT2D eigenvalue weighted by atomic mass is 32.2. The van der Waals surface area contributed by atoms with E-state index in [1.54, 1.807) is 12.1 Å². The van der Waals surface area contributed by atoms with E-state index < -0.39 is 0 Å². The van der Waals surface area contributed by atoms with E-state index in [2.05, 4.69) is 25.6 Å². The zero-order valence-electron chi connectivity index (χ0n) is 12.0. The molecule has 0 aliphatic heterocycles. The minimum absolute atomic E-state index is 0.130. The fourth-order valence-corrected chi connectivity index (χ4v) is 3.10. The van der Waals surface area contributed by atoms with Gasteiger partial charge in [0.1, 0.15) is 0 Å². The molecule has 1 aromatic heterocycles. The summed E-state index contributed by atoms with van der Waals surface area (Å²) < 4.78 is 5.24. The van der Waals surface area contributed by atoms with Crippen molar-refractivity contribution in [2.45, 2.75) is 11.3 Å². The van der Waals surface area contributed by atoms with Gasteiger partial charge >= 0.3 is 5.97 Å². The molecule has 22 heavy (non-hydrogen) atoms. The quantitative estimate of drug-likeness (QED) is 0.617. The van der Waals surface area contributed by atoms with Gasteiger partial charge in [0.05, 0.1) is 12.9 Å². The Hall–Kier alpha value is -2.13. The molecule has 9 heteroatoms. The van der Waals surface area contributed by atoms with E-state index in [0.717, 1.165) is 5.69 Å². The third-order valence-corrected chi connectivity index (χ3v) is 4.33. The molecule has 1 heterocycles. The summed E-state index contributed by atoms with van der Waals surface area (Å²) in [6.07, 6.45) is 0. The van der Waals surface area contributed by atoms with Gasteiger partial charge in [0.25, 0.3) is 0 Å². The molecule has 0 unspecified atom stereocenters. The summed E-state index contributed by atoms with van der Waals surface area (Å²) in [5.41, 5.74) is 1.48. The van der Waals surface area contributed by atoms with E-state index in [0.29, 0.717) is 15.2 Å². The van der Waals surface area contributed by atoms with Crippen molar-refractivity contribution in [3.05, 3.63) is 24.3 Å². The Morgan fingerprint density at radius 2 is 2.09 bits per heavy atom. The van der Waals surface area contributed by atoms with Crippen LogP contribution in [0.2, 0.25) is 0 Å². The van der Waals surface area contributed by atoms with Crippen LogP contribution in [-0.4, -0.2) is 34.9 Å². The van der Waals surface area contributed by atoms with Crippen molar-refractivity contribution in [1.82, 2.24) is 10.2 Å². The van der Waals surface area contributed by atoms with Crippen LogP contribution in [0.4, 0.5) is 16.5 Å². The topological polar surface area (TPSA) is 93.2 Å². The minimum atomic E-state index is -0.308. The van der Waals surface area contributed by atoms with Crippen molar-refractivity contribution in [2.75, 3.05) is 23.5 Å². The molecule has 0 spiro atoms. The molecule has 1 aromatic carbocycles. The maximum atomic E-state index is 11.1. The number of anilines is 3. The number of carbonyl (C=O) groups excluding carboxylic acids is 2. The smallest absolute Gasteiger partial charge is 0.316 e. The number of carbonyl (C=O) groups is 2. The van der Waals surface area contributed by atoms with Crippen LogP contribution >= 0.6 is 23.1 Å². The number of amides is 1. The van der Waals surface area contributed by atoms with Gasteiger partial charge in [0, 0.05) is 18.3 Å². The molecule has 1 amide bonds. The van der Waals surface area contributed by atoms with Crippen molar-refractivity contribution < 1.29 is 14.3 Å². The van der Waals surface area contributed by atoms with E-state index in [-0.39, 0.29) is 17.6 Å². The number of nitrogens with zero attached hydrogens (tertiary/aromatic N) is 2. The number of aromatic nitrogens is 2. The predicted octanol–water partition coefficient (Wildman–Crippen LogP) is 2.51. The number of methoxy groups -OCH3 is 1. The van der Waals surface area contributed by atoms with Gasteiger partial charge in [-0.2, -0.15) is 0 Å². The second kappa shape index (κ2) is 7.76. The zero-order valence-corrected chi connectivity index (χ0v) is 13.6. The Balaban J connectivity index is 1.97. The number of nitrogens with one attached hydrogen (secondary N) is 2. The molecule has 0 radical (unpaired) electrons. The standard InChI is InChI=1S/C13H14N4O3S2/c1-8(18)14-9-4-3-5-10(6-9)15-12-16-17-13(22-12)21-7-11(19)20-2/h3-6H,7H2,1-2H3,(H,14,18)(H,15,16). The Morgan fingerprint density at radius 1 is 1.32 bits per heavy atom. The van der Waals surface area contributed by atoms with Crippen LogP contribution in [0.3, 0.4) is 0 Å². The van der Waals surface area contributed by atoms with E-state index in [1.165, 1.54) is 37.1 Å².